The molecule has 6 heterocycles. The Kier molecular flexibility index (Phi) is 15.3. The van der Waals surface area contributed by atoms with Crippen molar-refractivity contribution < 1.29 is 19.7 Å². The van der Waals surface area contributed by atoms with Crippen LogP contribution in [0.25, 0.3) is 44.6 Å². The maximum absolute atomic E-state index is 9.94. The normalized spacial score (nSPS) is 20.0. The lowest BCUT2D eigenvalue weighted by atomic mass is 9.96. The van der Waals surface area contributed by atoms with Crippen molar-refractivity contribution in [2.45, 2.75) is 140 Å². The third kappa shape index (κ3) is 11.8. The molecular weight excluding hydrogens is 841 g/mol. The van der Waals surface area contributed by atoms with Crippen LogP contribution in [0.2, 0.25) is 51.4 Å². The van der Waals surface area contributed by atoms with Crippen LogP contribution < -0.4 is 0 Å². The van der Waals surface area contributed by atoms with Gasteiger partial charge in [0.15, 0.2) is 0 Å². The molecule has 6 aromatic heterocycles. The Hall–Kier alpha value is -5.09. The number of hydrogen-bond acceptors (Lipinski definition) is 12. The van der Waals surface area contributed by atoms with Gasteiger partial charge in [0.25, 0.3) is 0 Å². The van der Waals surface area contributed by atoms with E-state index in [2.05, 4.69) is 81.6 Å². The van der Waals surface area contributed by atoms with Gasteiger partial charge in [-0.05, 0) is 74.6 Å². The van der Waals surface area contributed by atoms with E-state index < -0.39 is 16.1 Å². The van der Waals surface area contributed by atoms with E-state index in [9.17, 15) is 20.7 Å². The number of ether oxygens (including phenoxy) is 2. The van der Waals surface area contributed by atoms with Crippen molar-refractivity contribution in [2.24, 2.45) is 11.8 Å². The summed E-state index contributed by atoms with van der Waals surface area (Å²) in [6.07, 6.45) is 19.7. The lowest BCUT2D eigenvalue weighted by Crippen LogP contribution is -2.22. The van der Waals surface area contributed by atoms with Crippen molar-refractivity contribution >= 4 is 38.2 Å². The first-order valence-electron chi connectivity index (χ1n) is 22.7. The molecule has 0 saturated heterocycles. The number of aromatic nitrogens is 10. The Balaban J connectivity index is 0.000000191. The van der Waals surface area contributed by atoms with Gasteiger partial charge in [0.1, 0.15) is 37.4 Å². The summed E-state index contributed by atoms with van der Waals surface area (Å²) in [4.78, 5) is 18.0. The summed E-state index contributed by atoms with van der Waals surface area (Å²) < 4.78 is 19.6. The zero-order chi connectivity index (χ0) is 45.4. The minimum atomic E-state index is -1.12. The van der Waals surface area contributed by atoms with E-state index in [-0.39, 0.29) is 36.1 Å². The monoisotopic (exact) mass is 904 g/mol. The average Bonchev–Trinajstić information content (AvgIpc) is 4.12. The lowest BCUT2D eigenvalue weighted by Gasteiger charge is -2.21. The van der Waals surface area contributed by atoms with Crippen LogP contribution in [0, 0.1) is 34.5 Å². The average molecular weight is 905 g/mol. The number of aliphatic hydroxyl groups excluding tert-OH is 2. The van der Waals surface area contributed by atoms with Crippen molar-refractivity contribution in [1.82, 2.24) is 48.6 Å². The minimum absolute atomic E-state index is 0.0346. The Morgan fingerprint density at radius 3 is 1.44 bits per heavy atom. The van der Waals surface area contributed by atoms with Crippen LogP contribution in [0.1, 0.15) is 63.5 Å². The van der Waals surface area contributed by atoms with E-state index in [4.69, 9.17) is 9.47 Å². The maximum atomic E-state index is 9.94. The Morgan fingerprint density at radius 2 is 1.08 bits per heavy atom. The third-order valence-corrected chi connectivity index (χ3v) is 16.0. The van der Waals surface area contributed by atoms with E-state index in [1.54, 1.807) is 25.0 Å². The molecule has 16 nitrogen and oxygen atoms in total. The van der Waals surface area contributed by atoms with E-state index in [1.807, 2.05) is 55.4 Å². The number of rotatable bonds is 18. The first kappa shape index (κ1) is 46.9. The fourth-order valence-electron chi connectivity index (χ4n) is 8.86. The molecule has 8 rings (SSSR count). The molecule has 6 aromatic rings. The molecule has 2 N–H and O–H groups in total. The van der Waals surface area contributed by atoms with E-state index in [0.717, 1.165) is 108 Å². The van der Waals surface area contributed by atoms with Crippen LogP contribution in [0.3, 0.4) is 0 Å². The SMILES string of the molecule is C[Si](C)(C)CCOCn1ccc2c(-c3cnn(C(CC#N)[C@@H]4CC[C@H](O)C4)c3)ncnc21.C[Si](C)(C)CCOCn1ccc2c(-c3cnn(C(CC#N)[C@H]4CC[C@@H](O)C4)c3)ncnc21. The third-order valence-electron chi connectivity index (χ3n) is 12.6. The van der Waals surface area contributed by atoms with Gasteiger partial charge in [0.2, 0.25) is 0 Å². The topological polar surface area (TPSA) is 204 Å². The van der Waals surface area contributed by atoms with Gasteiger partial charge < -0.3 is 28.8 Å². The Morgan fingerprint density at radius 1 is 0.656 bits per heavy atom. The highest BCUT2D eigenvalue weighted by molar-refractivity contribution is 6.76. The van der Waals surface area contributed by atoms with Gasteiger partial charge in [-0.25, -0.2) is 19.9 Å². The molecule has 340 valence electrons. The van der Waals surface area contributed by atoms with E-state index in [0.29, 0.717) is 26.3 Å². The molecule has 2 fully saturated rings. The van der Waals surface area contributed by atoms with Crippen LogP contribution in [0.15, 0.2) is 62.0 Å². The molecule has 2 unspecified atom stereocenters. The van der Waals surface area contributed by atoms with Crippen LogP contribution in [0.4, 0.5) is 0 Å². The molecule has 0 aromatic carbocycles. The van der Waals surface area contributed by atoms with E-state index >= 15 is 0 Å². The summed E-state index contributed by atoms with van der Waals surface area (Å²) in [5.41, 5.74) is 5.12. The second kappa shape index (κ2) is 20.8. The van der Waals surface area contributed by atoms with Crippen molar-refractivity contribution in [1.29, 1.82) is 10.5 Å². The first-order chi connectivity index (χ1) is 30.7. The van der Waals surface area contributed by atoms with Gasteiger partial charge >= 0.3 is 0 Å². The molecular formula is C46H64N12O4Si2. The second-order valence-electron chi connectivity index (χ2n) is 19.9. The Labute approximate surface area is 377 Å². The van der Waals surface area contributed by atoms with Crippen molar-refractivity contribution in [3.63, 3.8) is 0 Å². The van der Waals surface area contributed by atoms with Gasteiger partial charge in [0, 0.05) is 76.0 Å². The highest BCUT2D eigenvalue weighted by Gasteiger charge is 2.33. The largest absolute Gasteiger partial charge is 0.393 e. The standard InChI is InChI=1S/2C23H32N6O2Si/c2*1-32(2,3)11-10-31-16-28-9-7-20-22(25-15-26-23(20)28)18-13-27-29(14-18)21(6-8-24)17-4-5-19(30)12-17/h2*7,9,13-15,17,19,21,30H,4-6,10-12,16H2,1-3H3/t2*17-,19+,21?/m10/s1. The van der Waals surface area contributed by atoms with Crippen LogP contribution in [-0.4, -0.2) is 100 Å². The van der Waals surface area contributed by atoms with Crippen molar-refractivity contribution in [3.8, 4) is 34.7 Å². The molecule has 64 heavy (non-hydrogen) atoms. The molecule has 2 aliphatic rings. The fourth-order valence-corrected chi connectivity index (χ4v) is 10.4. The molecule has 6 atom stereocenters. The van der Waals surface area contributed by atoms with Crippen LogP contribution >= 0.6 is 0 Å². The Bertz CT molecular complexity index is 2370. The number of aliphatic hydroxyl groups is 2. The zero-order valence-corrected chi connectivity index (χ0v) is 40.2. The van der Waals surface area contributed by atoms with Gasteiger partial charge in [-0.2, -0.15) is 20.7 Å². The summed E-state index contributed by atoms with van der Waals surface area (Å²) >= 11 is 0. The van der Waals surface area contributed by atoms with Crippen LogP contribution in [-0.2, 0) is 22.9 Å². The van der Waals surface area contributed by atoms with Gasteiger partial charge in [-0.15, -0.1) is 0 Å². The van der Waals surface area contributed by atoms with Crippen molar-refractivity contribution in [3.05, 3.63) is 62.0 Å². The highest BCUT2D eigenvalue weighted by atomic mass is 28.3. The minimum Gasteiger partial charge on any atom is -0.393 e. The predicted octanol–water partition coefficient (Wildman–Crippen LogP) is 8.45. The lowest BCUT2D eigenvalue weighted by molar-refractivity contribution is 0.0898. The zero-order valence-electron chi connectivity index (χ0n) is 38.2. The number of nitriles is 2. The fraction of sp³-hybridized carbons (Fsp3) is 0.565. The smallest absolute Gasteiger partial charge is 0.145 e. The van der Waals surface area contributed by atoms with Crippen molar-refractivity contribution in [2.75, 3.05) is 13.2 Å². The molecule has 0 radical (unpaired) electrons. The molecule has 0 bridgehead atoms. The molecule has 0 aliphatic heterocycles. The maximum Gasteiger partial charge on any atom is 0.145 e. The van der Waals surface area contributed by atoms with Gasteiger partial charge in [-0.3, -0.25) is 9.36 Å². The predicted molar refractivity (Wildman–Crippen MR) is 251 cm³/mol. The molecule has 2 saturated carbocycles. The van der Waals surface area contributed by atoms with Gasteiger partial charge in [-0.1, -0.05) is 39.3 Å². The number of nitrogens with zero attached hydrogens (tertiary/aromatic N) is 12. The molecule has 0 spiro atoms. The summed E-state index contributed by atoms with van der Waals surface area (Å²) in [6.45, 7) is 16.5. The first-order valence-corrected chi connectivity index (χ1v) is 30.1. The number of hydrogen-bond donors (Lipinski definition) is 2. The second-order valence-corrected chi connectivity index (χ2v) is 31.2. The number of fused-ring (bicyclic) bond motifs is 2. The van der Waals surface area contributed by atoms with E-state index in [1.165, 1.54) is 0 Å². The molecule has 0 amide bonds. The summed E-state index contributed by atoms with van der Waals surface area (Å²) in [5, 5.41) is 49.6. The highest BCUT2D eigenvalue weighted by Crippen LogP contribution is 2.38. The van der Waals surface area contributed by atoms with Gasteiger partial charge in [0.05, 0.1) is 73.1 Å². The quantitative estimate of drug-likeness (QED) is 0.0616. The molecule has 2 aliphatic carbocycles. The molecule has 18 heteroatoms. The summed E-state index contributed by atoms with van der Waals surface area (Å²) in [7, 11) is -2.23. The summed E-state index contributed by atoms with van der Waals surface area (Å²) in [5.74, 6) is 0.523. The summed E-state index contributed by atoms with van der Waals surface area (Å²) in [6, 6.07) is 10.8. The van der Waals surface area contributed by atoms with Crippen LogP contribution in [0.5, 0.6) is 0 Å².